The Bertz CT molecular complexity index is 699. The van der Waals surface area contributed by atoms with Crippen LogP contribution in [-0.4, -0.2) is 29.0 Å². The largest absolute Gasteiger partial charge is 0.354 e. The molecule has 0 spiro atoms. The first-order valence-corrected chi connectivity index (χ1v) is 8.12. The van der Waals surface area contributed by atoms with E-state index in [4.69, 9.17) is 0 Å². The molecule has 0 fully saturated rings. The summed E-state index contributed by atoms with van der Waals surface area (Å²) in [5, 5.41) is 3.19. The Morgan fingerprint density at radius 3 is 2.96 bits per heavy atom. The van der Waals surface area contributed by atoms with Gasteiger partial charge < -0.3 is 10.2 Å². The summed E-state index contributed by atoms with van der Waals surface area (Å²) in [6.45, 7) is 5.86. The predicted molar refractivity (Wildman–Crippen MR) is 91.8 cm³/mol. The minimum absolute atomic E-state index is 0.0655. The van der Waals surface area contributed by atoms with Crippen molar-refractivity contribution in [3.8, 4) is 0 Å². The number of nitrogens with one attached hydrogen (secondary N) is 1. The van der Waals surface area contributed by atoms with E-state index in [0.29, 0.717) is 24.1 Å². The van der Waals surface area contributed by atoms with Crippen LogP contribution in [0.2, 0.25) is 0 Å². The maximum atomic E-state index is 12.8. The summed E-state index contributed by atoms with van der Waals surface area (Å²) < 4.78 is 0. The summed E-state index contributed by atoms with van der Waals surface area (Å²) in [4.78, 5) is 23.1. The summed E-state index contributed by atoms with van der Waals surface area (Å²) >= 11 is 0. The molecule has 1 aliphatic rings. The summed E-state index contributed by atoms with van der Waals surface area (Å²) in [6.07, 6.45) is 3.58. The molecule has 1 aliphatic heterocycles. The number of amides is 1. The van der Waals surface area contributed by atoms with Crippen LogP contribution in [0.5, 0.6) is 0 Å². The van der Waals surface area contributed by atoms with Gasteiger partial charge in [0, 0.05) is 25.0 Å². The number of hydrogen-bond donors (Lipinski definition) is 1. The number of hydrogen-bond acceptors (Lipinski definition) is 4. The van der Waals surface area contributed by atoms with Gasteiger partial charge in [0.25, 0.3) is 5.91 Å². The Morgan fingerprint density at radius 1 is 1.30 bits per heavy atom. The smallest absolute Gasteiger partial charge is 0.277 e. The van der Waals surface area contributed by atoms with E-state index < -0.39 is 0 Å². The van der Waals surface area contributed by atoms with Gasteiger partial charge in [-0.2, -0.15) is 0 Å². The molecule has 120 valence electrons. The first kappa shape index (κ1) is 15.5. The quantitative estimate of drug-likeness (QED) is 0.922. The van der Waals surface area contributed by atoms with Crippen LogP contribution >= 0.6 is 0 Å². The topological polar surface area (TPSA) is 58.1 Å². The number of anilines is 2. The molecule has 3 rings (SSSR count). The normalized spacial score (nSPS) is 13.3. The number of carbonyl (C=O) groups excluding carboxylic acids is 1. The molecular weight excluding hydrogens is 288 g/mol. The third-order valence-corrected chi connectivity index (χ3v) is 4.01. The second-order valence-corrected chi connectivity index (χ2v) is 6.21. The van der Waals surface area contributed by atoms with Crippen molar-refractivity contribution in [3.05, 3.63) is 47.8 Å². The Morgan fingerprint density at radius 2 is 2.13 bits per heavy atom. The molecule has 1 N–H and O–H groups in total. The third kappa shape index (κ3) is 3.50. The molecule has 0 unspecified atom stereocenters. The average molecular weight is 310 g/mol. The molecule has 1 aromatic carbocycles. The van der Waals surface area contributed by atoms with Gasteiger partial charge in [-0.25, -0.2) is 9.97 Å². The maximum absolute atomic E-state index is 12.8. The lowest BCUT2D eigenvalue weighted by atomic mass is 10.1. The van der Waals surface area contributed by atoms with Gasteiger partial charge in [0.2, 0.25) is 5.95 Å². The van der Waals surface area contributed by atoms with Gasteiger partial charge in [0.1, 0.15) is 5.69 Å². The van der Waals surface area contributed by atoms with Gasteiger partial charge in [-0.15, -0.1) is 0 Å². The van der Waals surface area contributed by atoms with Crippen LogP contribution in [-0.2, 0) is 6.42 Å². The number of benzene rings is 1. The molecule has 0 aliphatic carbocycles. The zero-order chi connectivity index (χ0) is 16.2. The molecule has 0 bridgehead atoms. The van der Waals surface area contributed by atoms with Gasteiger partial charge >= 0.3 is 0 Å². The van der Waals surface area contributed by atoms with Crippen molar-refractivity contribution in [2.75, 3.05) is 23.3 Å². The zero-order valence-corrected chi connectivity index (χ0v) is 13.6. The fraction of sp³-hybridized carbons (Fsp3) is 0.389. The van der Waals surface area contributed by atoms with E-state index in [1.807, 2.05) is 18.2 Å². The molecule has 23 heavy (non-hydrogen) atoms. The Balaban J connectivity index is 1.73. The van der Waals surface area contributed by atoms with Crippen molar-refractivity contribution < 1.29 is 4.79 Å². The lowest BCUT2D eigenvalue weighted by Gasteiger charge is -2.17. The van der Waals surface area contributed by atoms with Gasteiger partial charge in [-0.1, -0.05) is 32.0 Å². The number of para-hydroxylation sites is 1. The van der Waals surface area contributed by atoms with Crippen molar-refractivity contribution >= 4 is 17.5 Å². The third-order valence-electron chi connectivity index (χ3n) is 4.01. The van der Waals surface area contributed by atoms with Gasteiger partial charge in [0.05, 0.1) is 0 Å². The fourth-order valence-corrected chi connectivity index (χ4v) is 2.72. The second kappa shape index (κ2) is 6.77. The lowest BCUT2D eigenvalue weighted by molar-refractivity contribution is 0.0984. The summed E-state index contributed by atoms with van der Waals surface area (Å²) in [5.41, 5.74) is 2.64. The SMILES string of the molecule is CC(C)CCNc1nccc(C(=O)N2CCc3ccccc32)n1. The molecular formula is C18H22N4O. The number of aromatic nitrogens is 2. The van der Waals surface area contributed by atoms with Crippen LogP contribution < -0.4 is 10.2 Å². The molecule has 1 amide bonds. The average Bonchev–Trinajstić information content (AvgIpc) is 2.98. The number of rotatable bonds is 5. The predicted octanol–water partition coefficient (Wildman–Crippen LogP) is 3.14. The zero-order valence-electron chi connectivity index (χ0n) is 13.6. The van der Waals surface area contributed by atoms with Crippen LogP contribution in [0.4, 0.5) is 11.6 Å². The fourth-order valence-electron chi connectivity index (χ4n) is 2.72. The van der Waals surface area contributed by atoms with Crippen molar-refractivity contribution in [2.24, 2.45) is 5.92 Å². The Hall–Kier alpha value is -2.43. The molecule has 5 heteroatoms. The van der Waals surface area contributed by atoms with Crippen LogP contribution in [0.25, 0.3) is 0 Å². The van der Waals surface area contributed by atoms with Crippen LogP contribution in [0.15, 0.2) is 36.5 Å². The number of carbonyl (C=O) groups is 1. The highest BCUT2D eigenvalue weighted by Crippen LogP contribution is 2.28. The minimum atomic E-state index is -0.0655. The summed E-state index contributed by atoms with van der Waals surface area (Å²) in [7, 11) is 0. The van der Waals surface area contributed by atoms with Gasteiger partial charge in [-0.3, -0.25) is 4.79 Å². The van der Waals surface area contributed by atoms with Crippen molar-refractivity contribution in [2.45, 2.75) is 26.7 Å². The molecule has 1 aromatic heterocycles. The summed E-state index contributed by atoms with van der Waals surface area (Å²) in [5.74, 6) is 1.07. The van der Waals surface area contributed by atoms with E-state index >= 15 is 0 Å². The van der Waals surface area contributed by atoms with Crippen molar-refractivity contribution in [1.29, 1.82) is 0 Å². The molecule has 2 heterocycles. The van der Waals surface area contributed by atoms with Gasteiger partial charge in [0.15, 0.2) is 0 Å². The van der Waals surface area contributed by atoms with E-state index in [0.717, 1.165) is 25.1 Å². The first-order chi connectivity index (χ1) is 11.1. The molecule has 0 saturated heterocycles. The van der Waals surface area contributed by atoms with E-state index in [1.165, 1.54) is 5.56 Å². The summed E-state index contributed by atoms with van der Waals surface area (Å²) in [6, 6.07) is 9.71. The highest BCUT2D eigenvalue weighted by Gasteiger charge is 2.26. The monoisotopic (exact) mass is 310 g/mol. The van der Waals surface area contributed by atoms with E-state index in [9.17, 15) is 4.79 Å². The highest BCUT2D eigenvalue weighted by molar-refractivity contribution is 6.06. The minimum Gasteiger partial charge on any atom is -0.354 e. The molecule has 0 saturated carbocycles. The molecule has 0 atom stereocenters. The van der Waals surface area contributed by atoms with Crippen molar-refractivity contribution in [1.82, 2.24) is 9.97 Å². The Kier molecular flexibility index (Phi) is 4.55. The molecule has 2 aromatic rings. The van der Waals surface area contributed by atoms with Crippen LogP contribution in [0.1, 0.15) is 36.3 Å². The lowest BCUT2D eigenvalue weighted by Crippen LogP contribution is -2.29. The highest BCUT2D eigenvalue weighted by atomic mass is 16.2. The number of nitrogens with zero attached hydrogens (tertiary/aromatic N) is 3. The number of fused-ring (bicyclic) bond motifs is 1. The standard InChI is InChI=1S/C18H22N4O/c1-13(2)7-10-19-18-20-11-8-15(21-18)17(23)22-12-9-14-5-3-4-6-16(14)22/h3-6,8,11,13H,7,9-10,12H2,1-2H3,(H,19,20,21). The van der Waals surface area contributed by atoms with Crippen LogP contribution in [0, 0.1) is 5.92 Å². The first-order valence-electron chi connectivity index (χ1n) is 8.12. The second-order valence-electron chi connectivity index (χ2n) is 6.21. The maximum Gasteiger partial charge on any atom is 0.277 e. The van der Waals surface area contributed by atoms with E-state index in [2.05, 4.69) is 35.2 Å². The van der Waals surface area contributed by atoms with Crippen LogP contribution in [0.3, 0.4) is 0 Å². The molecule has 0 radical (unpaired) electrons. The Labute approximate surface area is 136 Å². The van der Waals surface area contributed by atoms with E-state index in [1.54, 1.807) is 17.2 Å². The molecule has 5 nitrogen and oxygen atoms in total. The van der Waals surface area contributed by atoms with Crippen molar-refractivity contribution in [3.63, 3.8) is 0 Å². The van der Waals surface area contributed by atoms with E-state index in [-0.39, 0.29) is 5.91 Å². The van der Waals surface area contributed by atoms with Gasteiger partial charge in [-0.05, 0) is 36.5 Å².